The highest BCUT2D eigenvalue weighted by Gasteiger charge is 2.43. The van der Waals surface area contributed by atoms with Crippen molar-refractivity contribution in [3.8, 4) is 0 Å². The quantitative estimate of drug-likeness (QED) is 0.772. The number of fused-ring (bicyclic) bond motifs is 1. The van der Waals surface area contributed by atoms with Gasteiger partial charge in [-0.05, 0) is 37.7 Å². The summed E-state index contributed by atoms with van der Waals surface area (Å²) in [4.78, 5) is 15.1. The number of hydrogen-bond acceptors (Lipinski definition) is 3. The van der Waals surface area contributed by atoms with Crippen molar-refractivity contribution in [1.82, 2.24) is 14.7 Å². The zero-order valence-corrected chi connectivity index (χ0v) is 17.6. The predicted octanol–water partition coefficient (Wildman–Crippen LogP) is 5.02. The number of ether oxygens (including phenoxy) is 1. The van der Waals surface area contributed by atoms with E-state index in [0.29, 0.717) is 5.92 Å². The molecular formula is C23H32N4O2. The average Bonchev–Trinajstić information content (AvgIpc) is 3.34. The number of hydrogen-bond donors (Lipinski definition) is 1. The topological polar surface area (TPSA) is 59.4 Å². The minimum Gasteiger partial charge on any atom is -0.368 e. The van der Waals surface area contributed by atoms with Gasteiger partial charge in [0.15, 0.2) is 0 Å². The maximum Gasteiger partial charge on any atom is 0.323 e. The summed E-state index contributed by atoms with van der Waals surface area (Å²) in [6.07, 6.45) is 5.80. The molecule has 0 bridgehead atoms. The second kappa shape index (κ2) is 8.57. The lowest BCUT2D eigenvalue weighted by Gasteiger charge is -2.36. The molecule has 0 saturated carbocycles. The van der Waals surface area contributed by atoms with Gasteiger partial charge in [0.1, 0.15) is 5.82 Å². The van der Waals surface area contributed by atoms with Gasteiger partial charge in [-0.15, -0.1) is 0 Å². The summed E-state index contributed by atoms with van der Waals surface area (Å²) in [5, 5.41) is 7.56. The van der Waals surface area contributed by atoms with Crippen molar-refractivity contribution in [2.24, 2.45) is 5.92 Å². The normalized spacial score (nSPS) is 25.1. The Morgan fingerprint density at radius 3 is 2.79 bits per heavy atom. The largest absolute Gasteiger partial charge is 0.368 e. The molecule has 2 amide bonds. The van der Waals surface area contributed by atoms with E-state index in [4.69, 9.17) is 4.74 Å². The van der Waals surface area contributed by atoms with Gasteiger partial charge in [0, 0.05) is 19.0 Å². The van der Waals surface area contributed by atoms with E-state index in [0.717, 1.165) is 38.0 Å². The smallest absolute Gasteiger partial charge is 0.323 e. The first kappa shape index (κ1) is 20.0. The van der Waals surface area contributed by atoms with Crippen LogP contribution in [0.25, 0.3) is 0 Å². The monoisotopic (exact) mass is 396 g/mol. The minimum absolute atomic E-state index is 0.0458. The summed E-state index contributed by atoms with van der Waals surface area (Å²) in [7, 11) is 0. The molecule has 6 heteroatoms. The number of benzene rings is 1. The number of carbonyl (C=O) groups excluding carboxylic acids is 1. The molecule has 1 aromatic heterocycles. The Morgan fingerprint density at radius 2 is 2.03 bits per heavy atom. The molecular weight excluding hydrogens is 364 g/mol. The van der Waals surface area contributed by atoms with Gasteiger partial charge in [0.2, 0.25) is 0 Å². The molecule has 0 spiro atoms. The van der Waals surface area contributed by atoms with E-state index < -0.39 is 0 Å². The molecule has 29 heavy (non-hydrogen) atoms. The first-order valence-corrected chi connectivity index (χ1v) is 10.8. The SMILES string of the molecule is CC(C)CC(C)n1nccc1NC(=O)N1CCC[C@@H]2O[C@H](c3ccccc3)C[C@@H]21. The van der Waals surface area contributed by atoms with E-state index in [9.17, 15) is 4.79 Å². The molecule has 2 aliphatic heterocycles. The Balaban J connectivity index is 1.45. The van der Waals surface area contributed by atoms with Gasteiger partial charge in [0.05, 0.1) is 30.5 Å². The molecule has 0 aliphatic carbocycles. The third kappa shape index (κ3) is 4.32. The molecule has 4 rings (SSSR count). The first-order valence-electron chi connectivity index (χ1n) is 10.8. The lowest BCUT2D eigenvalue weighted by molar-refractivity contribution is 0.00678. The predicted molar refractivity (Wildman–Crippen MR) is 114 cm³/mol. The third-order valence-corrected chi connectivity index (χ3v) is 6.08. The Hall–Kier alpha value is -2.34. The van der Waals surface area contributed by atoms with E-state index in [1.165, 1.54) is 5.56 Å². The summed E-state index contributed by atoms with van der Waals surface area (Å²) in [6, 6.07) is 12.5. The number of urea groups is 1. The van der Waals surface area contributed by atoms with Crippen molar-refractivity contribution in [3.05, 3.63) is 48.2 Å². The van der Waals surface area contributed by atoms with E-state index in [2.05, 4.69) is 43.3 Å². The molecule has 6 nitrogen and oxygen atoms in total. The highest BCUT2D eigenvalue weighted by molar-refractivity contribution is 5.88. The third-order valence-electron chi connectivity index (χ3n) is 6.08. The zero-order chi connectivity index (χ0) is 20.4. The minimum atomic E-state index is -0.0458. The van der Waals surface area contributed by atoms with Crippen LogP contribution in [-0.2, 0) is 4.74 Å². The summed E-state index contributed by atoms with van der Waals surface area (Å²) in [5.41, 5.74) is 1.20. The summed E-state index contributed by atoms with van der Waals surface area (Å²) in [5.74, 6) is 1.34. The Bertz CT molecular complexity index is 819. The number of anilines is 1. The van der Waals surface area contributed by atoms with Crippen LogP contribution in [0.3, 0.4) is 0 Å². The molecule has 1 unspecified atom stereocenters. The Labute approximate surface area is 173 Å². The van der Waals surface area contributed by atoms with Crippen LogP contribution in [0.1, 0.15) is 64.2 Å². The number of rotatable bonds is 5. The second-order valence-corrected chi connectivity index (χ2v) is 8.78. The van der Waals surface area contributed by atoms with Gasteiger partial charge in [-0.1, -0.05) is 44.2 Å². The van der Waals surface area contributed by atoms with Crippen LogP contribution in [0.15, 0.2) is 42.6 Å². The maximum atomic E-state index is 13.2. The van der Waals surface area contributed by atoms with E-state index in [1.807, 2.05) is 33.8 Å². The van der Waals surface area contributed by atoms with E-state index >= 15 is 0 Å². The molecule has 0 radical (unpaired) electrons. The molecule has 2 aromatic rings. The van der Waals surface area contributed by atoms with Gasteiger partial charge in [0.25, 0.3) is 0 Å². The Kier molecular flexibility index (Phi) is 5.90. The summed E-state index contributed by atoms with van der Waals surface area (Å²) >= 11 is 0. The molecule has 1 aromatic carbocycles. The van der Waals surface area contributed by atoms with Crippen LogP contribution in [0.2, 0.25) is 0 Å². The lowest BCUT2D eigenvalue weighted by atomic mass is 9.96. The van der Waals surface area contributed by atoms with Gasteiger partial charge in [-0.2, -0.15) is 5.10 Å². The van der Waals surface area contributed by atoms with Gasteiger partial charge < -0.3 is 9.64 Å². The van der Waals surface area contributed by atoms with Gasteiger partial charge in [-0.3, -0.25) is 5.32 Å². The van der Waals surface area contributed by atoms with Crippen molar-refractivity contribution in [1.29, 1.82) is 0 Å². The van der Waals surface area contributed by atoms with Crippen molar-refractivity contribution in [3.63, 3.8) is 0 Å². The van der Waals surface area contributed by atoms with Crippen LogP contribution in [0, 0.1) is 5.92 Å². The number of nitrogens with one attached hydrogen (secondary N) is 1. The van der Waals surface area contributed by atoms with Crippen molar-refractivity contribution in [2.75, 3.05) is 11.9 Å². The fraction of sp³-hybridized carbons (Fsp3) is 0.565. The van der Waals surface area contributed by atoms with Crippen molar-refractivity contribution in [2.45, 2.75) is 70.7 Å². The summed E-state index contributed by atoms with van der Waals surface area (Å²) in [6.45, 7) is 7.33. The number of carbonyl (C=O) groups is 1. The number of nitrogens with zero attached hydrogens (tertiary/aromatic N) is 3. The first-order chi connectivity index (χ1) is 14.0. The fourth-order valence-electron chi connectivity index (χ4n) is 4.81. The van der Waals surface area contributed by atoms with Crippen LogP contribution < -0.4 is 5.32 Å². The van der Waals surface area contributed by atoms with Gasteiger partial charge in [-0.25, -0.2) is 9.48 Å². The number of amides is 2. The number of piperidine rings is 1. The number of likely N-dealkylation sites (tertiary alicyclic amines) is 1. The van der Waals surface area contributed by atoms with Gasteiger partial charge >= 0.3 is 6.03 Å². The molecule has 2 saturated heterocycles. The van der Waals surface area contributed by atoms with E-state index in [-0.39, 0.29) is 30.3 Å². The van der Waals surface area contributed by atoms with Crippen LogP contribution in [0.5, 0.6) is 0 Å². The molecule has 3 heterocycles. The fourth-order valence-corrected chi connectivity index (χ4v) is 4.81. The van der Waals surface area contributed by atoms with Crippen LogP contribution >= 0.6 is 0 Å². The second-order valence-electron chi connectivity index (χ2n) is 8.78. The molecule has 1 N–H and O–H groups in total. The summed E-state index contributed by atoms with van der Waals surface area (Å²) < 4.78 is 8.26. The molecule has 156 valence electrons. The highest BCUT2D eigenvalue weighted by atomic mass is 16.5. The molecule has 2 fully saturated rings. The van der Waals surface area contributed by atoms with Crippen molar-refractivity contribution >= 4 is 11.8 Å². The lowest BCUT2D eigenvalue weighted by Crippen LogP contribution is -2.50. The maximum absolute atomic E-state index is 13.2. The number of aromatic nitrogens is 2. The molecule has 4 atom stereocenters. The average molecular weight is 397 g/mol. The van der Waals surface area contributed by atoms with E-state index in [1.54, 1.807) is 6.20 Å². The highest BCUT2D eigenvalue weighted by Crippen LogP contribution is 2.39. The van der Waals surface area contributed by atoms with Crippen molar-refractivity contribution < 1.29 is 9.53 Å². The van der Waals surface area contributed by atoms with Crippen LogP contribution in [-0.4, -0.2) is 39.4 Å². The van der Waals surface area contributed by atoms with Crippen LogP contribution in [0.4, 0.5) is 10.6 Å². The zero-order valence-electron chi connectivity index (χ0n) is 17.6. The molecule has 2 aliphatic rings. The standard InChI is InChI=1S/C23H32N4O2/c1-16(2)14-17(3)27-22(11-12-24-27)25-23(28)26-13-7-10-20-19(26)15-21(29-20)18-8-5-4-6-9-18/h4-6,8-9,11-12,16-17,19-21H,7,10,13-15H2,1-3H3,(H,25,28)/t17?,19-,20-,21-/m0/s1. The Morgan fingerprint density at radius 1 is 1.24 bits per heavy atom.